The first-order valence-electron chi connectivity index (χ1n) is 10.7. The van der Waals surface area contributed by atoms with E-state index in [0.29, 0.717) is 11.3 Å². The van der Waals surface area contributed by atoms with Crippen molar-refractivity contribution in [3.05, 3.63) is 101 Å². The van der Waals surface area contributed by atoms with Crippen molar-refractivity contribution in [1.82, 2.24) is 5.32 Å². The van der Waals surface area contributed by atoms with Crippen LogP contribution >= 0.6 is 0 Å². The molecule has 1 unspecified atom stereocenters. The minimum atomic E-state index is -3.50. The molecule has 3 rings (SSSR count). The van der Waals surface area contributed by atoms with Gasteiger partial charge in [0.1, 0.15) is 0 Å². The zero-order chi connectivity index (χ0) is 23.3. The third-order valence-electron chi connectivity index (χ3n) is 5.59. The van der Waals surface area contributed by atoms with Crippen LogP contribution in [-0.2, 0) is 16.6 Å². The Bertz CT molecular complexity index is 1170. The van der Waals surface area contributed by atoms with Gasteiger partial charge in [-0.15, -0.1) is 0 Å². The number of nitrogens with one attached hydrogen (secondary N) is 1. The normalized spacial score (nSPS) is 12.2. The van der Waals surface area contributed by atoms with Gasteiger partial charge in [-0.25, -0.2) is 8.42 Å². The zero-order valence-corrected chi connectivity index (χ0v) is 19.8. The number of hydrogen-bond donors (Lipinski definition) is 1. The Morgan fingerprint density at radius 1 is 0.938 bits per heavy atom. The molecule has 0 saturated heterocycles. The van der Waals surface area contributed by atoms with Crippen molar-refractivity contribution in [3.8, 4) is 0 Å². The Kier molecular flexibility index (Phi) is 7.36. The second kappa shape index (κ2) is 10.0. The van der Waals surface area contributed by atoms with Gasteiger partial charge in [0.25, 0.3) is 5.91 Å². The highest BCUT2D eigenvalue weighted by atomic mass is 32.2. The van der Waals surface area contributed by atoms with Crippen LogP contribution < -0.4 is 9.62 Å². The second-order valence-electron chi connectivity index (χ2n) is 8.09. The van der Waals surface area contributed by atoms with Crippen LogP contribution in [0.3, 0.4) is 0 Å². The standard InChI is InChI=1S/C26H30N2O3S/c1-5-25(21-12-10-19(2)11-13-21)27-26(29)22-14-16-24(17-15-22)28(32(4,30)31)18-23-9-7-6-8-20(23)3/h6-17,25H,5,18H2,1-4H3,(H,27,29). The van der Waals surface area contributed by atoms with E-state index in [4.69, 9.17) is 0 Å². The van der Waals surface area contributed by atoms with Gasteiger partial charge in [-0.2, -0.15) is 0 Å². The fraction of sp³-hybridized carbons (Fsp3) is 0.269. The molecule has 3 aromatic rings. The Morgan fingerprint density at radius 2 is 1.56 bits per heavy atom. The van der Waals surface area contributed by atoms with E-state index in [1.165, 1.54) is 16.1 Å². The first kappa shape index (κ1) is 23.5. The van der Waals surface area contributed by atoms with Gasteiger partial charge in [0, 0.05) is 5.56 Å². The number of amides is 1. The molecule has 0 radical (unpaired) electrons. The van der Waals surface area contributed by atoms with Crippen LogP contribution in [0.4, 0.5) is 5.69 Å². The molecule has 0 spiro atoms. The number of carbonyl (C=O) groups is 1. The lowest BCUT2D eigenvalue weighted by Crippen LogP contribution is -2.30. The molecule has 0 aliphatic rings. The summed E-state index contributed by atoms with van der Waals surface area (Å²) in [6, 6.07) is 22.5. The number of benzene rings is 3. The Hall–Kier alpha value is -3.12. The molecule has 0 aromatic heterocycles. The third-order valence-corrected chi connectivity index (χ3v) is 6.73. The largest absolute Gasteiger partial charge is 0.345 e. The van der Waals surface area contributed by atoms with Crippen LogP contribution in [0, 0.1) is 13.8 Å². The van der Waals surface area contributed by atoms with Crippen molar-refractivity contribution < 1.29 is 13.2 Å². The third kappa shape index (κ3) is 5.77. The summed E-state index contributed by atoms with van der Waals surface area (Å²) in [6.45, 7) is 6.26. The highest BCUT2D eigenvalue weighted by molar-refractivity contribution is 7.92. The summed E-state index contributed by atoms with van der Waals surface area (Å²) >= 11 is 0. The average Bonchev–Trinajstić information content (AvgIpc) is 2.77. The molecule has 1 amide bonds. The first-order chi connectivity index (χ1) is 15.2. The Morgan fingerprint density at radius 3 is 2.12 bits per heavy atom. The van der Waals surface area contributed by atoms with Gasteiger partial charge in [-0.1, -0.05) is 61.0 Å². The summed E-state index contributed by atoms with van der Waals surface area (Å²) in [5.41, 5.74) is 5.21. The molecule has 32 heavy (non-hydrogen) atoms. The Labute approximate surface area is 191 Å². The second-order valence-corrected chi connectivity index (χ2v) is 9.99. The van der Waals surface area contributed by atoms with Crippen molar-refractivity contribution in [2.45, 2.75) is 39.8 Å². The van der Waals surface area contributed by atoms with Gasteiger partial charge < -0.3 is 5.32 Å². The summed E-state index contributed by atoms with van der Waals surface area (Å²) in [6.07, 6.45) is 1.96. The predicted molar refractivity (Wildman–Crippen MR) is 130 cm³/mol. The van der Waals surface area contributed by atoms with E-state index < -0.39 is 10.0 Å². The van der Waals surface area contributed by atoms with Crippen molar-refractivity contribution in [2.24, 2.45) is 0 Å². The maximum absolute atomic E-state index is 12.8. The van der Waals surface area contributed by atoms with Gasteiger partial charge >= 0.3 is 0 Å². The zero-order valence-electron chi connectivity index (χ0n) is 19.0. The summed E-state index contributed by atoms with van der Waals surface area (Å²) in [7, 11) is -3.50. The molecule has 0 fully saturated rings. The van der Waals surface area contributed by atoms with E-state index in [0.717, 1.165) is 23.1 Å². The highest BCUT2D eigenvalue weighted by Crippen LogP contribution is 2.23. The number of carbonyl (C=O) groups excluding carboxylic acids is 1. The maximum atomic E-state index is 12.8. The molecule has 168 valence electrons. The predicted octanol–water partition coefficient (Wildman–Crippen LogP) is 5.15. The van der Waals surface area contributed by atoms with Crippen molar-refractivity contribution in [3.63, 3.8) is 0 Å². The van der Waals surface area contributed by atoms with Crippen LogP contribution in [0.25, 0.3) is 0 Å². The fourth-order valence-corrected chi connectivity index (χ4v) is 4.46. The quantitative estimate of drug-likeness (QED) is 0.516. The SMILES string of the molecule is CCC(NC(=O)c1ccc(N(Cc2ccccc2C)S(C)(=O)=O)cc1)c1ccc(C)cc1. The molecular formula is C26H30N2O3S. The maximum Gasteiger partial charge on any atom is 0.251 e. The van der Waals surface area contributed by atoms with Crippen LogP contribution in [0.15, 0.2) is 72.8 Å². The molecule has 3 aromatic carbocycles. The van der Waals surface area contributed by atoms with Crippen molar-refractivity contribution >= 4 is 21.6 Å². The number of anilines is 1. The molecule has 1 N–H and O–H groups in total. The topological polar surface area (TPSA) is 66.5 Å². The molecule has 0 aliphatic carbocycles. The fourth-order valence-electron chi connectivity index (χ4n) is 3.58. The molecule has 1 atom stereocenters. The number of sulfonamides is 1. The molecule has 0 aliphatic heterocycles. The van der Waals surface area contributed by atoms with Gasteiger partial charge in [-0.3, -0.25) is 9.10 Å². The lowest BCUT2D eigenvalue weighted by molar-refractivity contribution is 0.0935. The van der Waals surface area contributed by atoms with E-state index in [1.54, 1.807) is 24.3 Å². The van der Waals surface area contributed by atoms with Crippen LogP contribution in [-0.4, -0.2) is 20.6 Å². The van der Waals surface area contributed by atoms with E-state index in [9.17, 15) is 13.2 Å². The minimum Gasteiger partial charge on any atom is -0.345 e. The lowest BCUT2D eigenvalue weighted by Gasteiger charge is -2.24. The molecule has 0 bridgehead atoms. The highest BCUT2D eigenvalue weighted by Gasteiger charge is 2.20. The number of nitrogens with zero attached hydrogens (tertiary/aromatic N) is 1. The van der Waals surface area contributed by atoms with Gasteiger partial charge in [0.15, 0.2) is 0 Å². The average molecular weight is 451 g/mol. The van der Waals surface area contributed by atoms with Crippen LogP contribution in [0.1, 0.15) is 52.0 Å². The van der Waals surface area contributed by atoms with Gasteiger partial charge in [0.2, 0.25) is 10.0 Å². The summed E-state index contributed by atoms with van der Waals surface area (Å²) in [5, 5.41) is 3.07. The Balaban J connectivity index is 1.79. The molecule has 0 heterocycles. The van der Waals surface area contributed by atoms with E-state index in [-0.39, 0.29) is 18.5 Å². The van der Waals surface area contributed by atoms with Crippen LogP contribution in [0.2, 0.25) is 0 Å². The molecule has 0 saturated carbocycles. The number of hydrogen-bond acceptors (Lipinski definition) is 3. The molecule has 6 heteroatoms. The van der Waals surface area contributed by atoms with Crippen molar-refractivity contribution in [2.75, 3.05) is 10.6 Å². The van der Waals surface area contributed by atoms with Crippen molar-refractivity contribution in [1.29, 1.82) is 0 Å². The summed E-state index contributed by atoms with van der Waals surface area (Å²) < 4.78 is 26.3. The number of aryl methyl sites for hydroxylation is 2. The lowest BCUT2D eigenvalue weighted by atomic mass is 10.0. The van der Waals surface area contributed by atoms with Gasteiger partial charge in [-0.05, 0) is 61.2 Å². The smallest absolute Gasteiger partial charge is 0.251 e. The van der Waals surface area contributed by atoms with E-state index in [1.807, 2.05) is 69.3 Å². The first-order valence-corrected chi connectivity index (χ1v) is 12.5. The monoisotopic (exact) mass is 450 g/mol. The van der Waals surface area contributed by atoms with Crippen LogP contribution in [0.5, 0.6) is 0 Å². The molecular weight excluding hydrogens is 420 g/mol. The minimum absolute atomic E-state index is 0.0867. The van der Waals surface area contributed by atoms with E-state index >= 15 is 0 Å². The number of rotatable bonds is 8. The van der Waals surface area contributed by atoms with E-state index in [2.05, 4.69) is 5.32 Å². The summed E-state index contributed by atoms with van der Waals surface area (Å²) in [4.78, 5) is 12.8. The van der Waals surface area contributed by atoms with Gasteiger partial charge in [0.05, 0.1) is 24.5 Å². The molecule has 5 nitrogen and oxygen atoms in total. The summed E-state index contributed by atoms with van der Waals surface area (Å²) in [5.74, 6) is -0.186.